The molecule has 0 aromatic heterocycles. The van der Waals surface area contributed by atoms with Gasteiger partial charge in [0.05, 0.1) is 6.04 Å². The Balaban J connectivity index is 2.59. The molecule has 1 rings (SSSR count). The second-order valence-corrected chi connectivity index (χ2v) is 5.74. The van der Waals surface area contributed by atoms with Crippen LogP contribution in [0.25, 0.3) is 0 Å². The molecular weight excluding hydrogens is 292 g/mol. The molecule has 0 radical (unpaired) electrons. The van der Waals surface area contributed by atoms with Gasteiger partial charge in [0, 0.05) is 16.6 Å². The van der Waals surface area contributed by atoms with E-state index in [1.165, 1.54) is 0 Å². The number of carbonyl (C=O) groups is 1. The molecule has 0 bridgehead atoms. The van der Waals surface area contributed by atoms with Crippen molar-refractivity contribution in [3.63, 3.8) is 0 Å². The van der Waals surface area contributed by atoms with E-state index in [0.717, 1.165) is 10.0 Å². The standard InChI is InChI=1S/C14H21BrN2O/c1-9(2)16-14(18)11(4)17-10(3)12-6-5-7-13(15)8-12/h5-11,17H,1-4H3,(H,16,18)/t10-,11?/m1/s1. The van der Waals surface area contributed by atoms with Crippen LogP contribution in [0, 0.1) is 0 Å². The number of nitrogens with one attached hydrogen (secondary N) is 2. The molecule has 0 aliphatic carbocycles. The van der Waals surface area contributed by atoms with Crippen LogP contribution in [0.5, 0.6) is 0 Å². The Kier molecular flexibility index (Phi) is 5.82. The Labute approximate surface area is 117 Å². The largest absolute Gasteiger partial charge is 0.353 e. The summed E-state index contributed by atoms with van der Waals surface area (Å²) in [6, 6.07) is 8.20. The molecule has 1 unspecified atom stereocenters. The molecule has 1 amide bonds. The number of benzene rings is 1. The van der Waals surface area contributed by atoms with Gasteiger partial charge in [-0.1, -0.05) is 28.1 Å². The highest BCUT2D eigenvalue weighted by molar-refractivity contribution is 9.10. The fourth-order valence-corrected chi connectivity index (χ4v) is 2.15. The predicted molar refractivity (Wildman–Crippen MR) is 78.4 cm³/mol. The van der Waals surface area contributed by atoms with Crippen LogP contribution in [0.1, 0.15) is 39.3 Å². The highest BCUT2D eigenvalue weighted by Crippen LogP contribution is 2.18. The van der Waals surface area contributed by atoms with Crippen LogP contribution in [0.4, 0.5) is 0 Å². The smallest absolute Gasteiger partial charge is 0.237 e. The van der Waals surface area contributed by atoms with Gasteiger partial charge in [-0.15, -0.1) is 0 Å². The first-order valence-corrected chi connectivity index (χ1v) is 7.01. The van der Waals surface area contributed by atoms with E-state index in [4.69, 9.17) is 0 Å². The molecule has 0 heterocycles. The molecule has 0 aliphatic heterocycles. The minimum Gasteiger partial charge on any atom is -0.353 e. The van der Waals surface area contributed by atoms with Gasteiger partial charge in [-0.2, -0.15) is 0 Å². The highest BCUT2D eigenvalue weighted by atomic mass is 79.9. The fraction of sp³-hybridized carbons (Fsp3) is 0.500. The molecule has 4 heteroatoms. The highest BCUT2D eigenvalue weighted by Gasteiger charge is 2.16. The predicted octanol–water partition coefficient (Wildman–Crippen LogP) is 3.01. The summed E-state index contributed by atoms with van der Waals surface area (Å²) < 4.78 is 1.05. The summed E-state index contributed by atoms with van der Waals surface area (Å²) in [7, 11) is 0. The second kappa shape index (κ2) is 6.90. The minimum absolute atomic E-state index is 0.0341. The van der Waals surface area contributed by atoms with Gasteiger partial charge in [0.25, 0.3) is 0 Å². The summed E-state index contributed by atoms with van der Waals surface area (Å²) in [6.07, 6.45) is 0. The third-order valence-corrected chi connectivity index (χ3v) is 3.17. The van der Waals surface area contributed by atoms with E-state index in [0.29, 0.717) is 0 Å². The van der Waals surface area contributed by atoms with Gasteiger partial charge >= 0.3 is 0 Å². The first-order chi connectivity index (χ1) is 8.40. The minimum atomic E-state index is -0.207. The molecule has 1 aromatic rings. The van der Waals surface area contributed by atoms with Crippen molar-refractivity contribution in [2.45, 2.75) is 45.8 Å². The van der Waals surface area contributed by atoms with Gasteiger partial charge < -0.3 is 5.32 Å². The molecule has 0 fully saturated rings. The van der Waals surface area contributed by atoms with E-state index < -0.39 is 0 Å². The molecule has 100 valence electrons. The maximum Gasteiger partial charge on any atom is 0.237 e. The van der Waals surface area contributed by atoms with E-state index in [1.54, 1.807) is 0 Å². The van der Waals surface area contributed by atoms with Crippen LogP contribution in [0.15, 0.2) is 28.7 Å². The lowest BCUT2D eigenvalue weighted by atomic mass is 10.1. The molecule has 3 nitrogen and oxygen atoms in total. The summed E-state index contributed by atoms with van der Waals surface area (Å²) in [5.41, 5.74) is 1.16. The van der Waals surface area contributed by atoms with Crippen molar-refractivity contribution in [1.29, 1.82) is 0 Å². The average Bonchev–Trinajstić information content (AvgIpc) is 2.27. The van der Waals surface area contributed by atoms with Crippen molar-refractivity contribution in [2.24, 2.45) is 0 Å². The Morgan fingerprint density at radius 2 is 1.89 bits per heavy atom. The van der Waals surface area contributed by atoms with Crippen molar-refractivity contribution < 1.29 is 4.79 Å². The van der Waals surface area contributed by atoms with Crippen molar-refractivity contribution >= 4 is 21.8 Å². The monoisotopic (exact) mass is 312 g/mol. The maximum atomic E-state index is 11.8. The quantitative estimate of drug-likeness (QED) is 0.877. The molecular formula is C14H21BrN2O. The SMILES string of the molecule is CC(C)NC(=O)C(C)N[C@H](C)c1cccc(Br)c1. The number of amides is 1. The summed E-state index contributed by atoms with van der Waals surface area (Å²) >= 11 is 3.45. The molecule has 2 N–H and O–H groups in total. The van der Waals surface area contributed by atoms with Gasteiger partial charge in [0.15, 0.2) is 0 Å². The van der Waals surface area contributed by atoms with Crippen molar-refractivity contribution in [2.75, 3.05) is 0 Å². The lowest BCUT2D eigenvalue weighted by molar-refractivity contribution is -0.123. The zero-order valence-corrected chi connectivity index (χ0v) is 12.9. The van der Waals surface area contributed by atoms with Crippen LogP contribution >= 0.6 is 15.9 Å². The number of hydrogen-bond donors (Lipinski definition) is 2. The van der Waals surface area contributed by atoms with Crippen LogP contribution < -0.4 is 10.6 Å². The number of halogens is 1. The van der Waals surface area contributed by atoms with Crippen LogP contribution in [0.2, 0.25) is 0 Å². The first-order valence-electron chi connectivity index (χ1n) is 6.22. The van der Waals surface area contributed by atoms with E-state index in [2.05, 4.69) is 45.6 Å². The summed E-state index contributed by atoms with van der Waals surface area (Å²) in [5.74, 6) is 0.0341. The van der Waals surface area contributed by atoms with Gasteiger partial charge in [-0.3, -0.25) is 10.1 Å². The third kappa shape index (κ3) is 4.78. The molecule has 0 saturated heterocycles. The normalized spacial score (nSPS) is 14.3. The van der Waals surface area contributed by atoms with E-state index in [-0.39, 0.29) is 24.0 Å². The molecule has 1 aromatic carbocycles. The van der Waals surface area contributed by atoms with Crippen LogP contribution in [-0.4, -0.2) is 18.0 Å². The summed E-state index contributed by atoms with van der Waals surface area (Å²) in [5, 5.41) is 6.20. The summed E-state index contributed by atoms with van der Waals surface area (Å²) in [4.78, 5) is 11.8. The zero-order valence-electron chi connectivity index (χ0n) is 11.3. The van der Waals surface area contributed by atoms with E-state index in [9.17, 15) is 4.79 Å². The van der Waals surface area contributed by atoms with Crippen LogP contribution in [-0.2, 0) is 4.79 Å². The number of carbonyl (C=O) groups excluding carboxylic acids is 1. The lowest BCUT2D eigenvalue weighted by Crippen LogP contribution is -2.45. The molecule has 0 saturated carbocycles. The Hall–Kier alpha value is -0.870. The van der Waals surface area contributed by atoms with Gasteiger partial charge in [-0.05, 0) is 45.4 Å². The molecule has 18 heavy (non-hydrogen) atoms. The number of rotatable bonds is 5. The van der Waals surface area contributed by atoms with Crippen molar-refractivity contribution in [3.05, 3.63) is 34.3 Å². The topological polar surface area (TPSA) is 41.1 Å². The van der Waals surface area contributed by atoms with Crippen LogP contribution in [0.3, 0.4) is 0 Å². The van der Waals surface area contributed by atoms with E-state index >= 15 is 0 Å². The number of hydrogen-bond acceptors (Lipinski definition) is 2. The fourth-order valence-electron chi connectivity index (χ4n) is 1.73. The Morgan fingerprint density at radius 3 is 2.44 bits per heavy atom. The van der Waals surface area contributed by atoms with Crippen molar-refractivity contribution in [3.8, 4) is 0 Å². The maximum absolute atomic E-state index is 11.8. The molecule has 0 spiro atoms. The zero-order chi connectivity index (χ0) is 13.7. The summed E-state index contributed by atoms with van der Waals surface area (Å²) in [6.45, 7) is 7.86. The molecule has 2 atom stereocenters. The van der Waals surface area contributed by atoms with Crippen molar-refractivity contribution in [1.82, 2.24) is 10.6 Å². The average molecular weight is 313 g/mol. The Bertz CT molecular complexity index is 407. The first kappa shape index (κ1) is 15.2. The van der Waals surface area contributed by atoms with Gasteiger partial charge in [0.1, 0.15) is 0 Å². The van der Waals surface area contributed by atoms with E-state index in [1.807, 2.05) is 32.9 Å². The van der Waals surface area contributed by atoms with Gasteiger partial charge in [-0.25, -0.2) is 0 Å². The lowest BCUT2D eigenvalue weighted by Gasteiger charge is -2.21. The second-order valence-electron chi connectivity index (χ2n) is 4.83. The molecule has 0 aliphatic rings. The van der Waals surface area contributed by atoms with Gasteiger partial charge in [0.2, 0.25) is 5.91 Å². The Morgan fingerprint density at radius 1 is 1.22 bits per heavy atom. The third-order valence-electron chi connectivity index (χ3n) is 2.67.